The van der Waals surface area contributed by atoms with Gasteiger partial charge in [-0.05, 0) is 56.4 Å². The molecule has 1 rings (SSSR count). The second-order valence-electron chi connectivity index (χ2n) is 7.85. The van der Waals surface area contributed by atoms with Crippen LogP contribution < -0.4 is 11.1 Å². The lowest BCUT2D eigenvalue weighted by Gasteiger charge is -2.34. The number of carbonyl (C=O) groups excluding carboxylic acids is 2. The summed E-state index contributed by atoms with van der Waals surface area (Å²) in [4.78, 5) is 23.8. The van der Waals surface area contributed by atoms with Gasteiger partial charge >= 0.3 is 5.97 Å². The van der Waals surface area contributed by atoms with E-state index in [1.807, 2.05) is 6.92 Å². The number of nitrogens with one attached hydrogen (secondary N) is 1. The van der Waals surface area contributed by atoms with Crippen molar-refractivity contribution in [2.24, 2.45) is 23.5 Å². The standard InChI is InChI=1S/C20H38N2O3/c1-5-9-15(13-22-17(6-2)20(21)24)12-19(23)25-18-11-8-7-10-16(18)14(3)4/h14-18,22H,5-13H2,1-4H3,(H2,21,24)/t15?,16?,17-,18+/m0/s1. The van der Waals surface area contributed by atoms with Crippen molar-refractivity contribution in [3.8, 4) is 0 Å². The molecule has 0 spiro atoms. The molecule has 0 aromatic heterocycles. The Morgan fingerprint density at radius 2 is 1.88 bits per heavy atom. The van der Waals surface area contributed by atoms with Gasteiger partial charge in [-0.3, -0.25) is 9.59 Å². The van der Waals surface area contributed by atoms with Gasteiger partial charge in [0.15, 0.2) is 0 Å². The summed E-state index contributed by atoms with van der Waals surface area (Å²) in [7, 11) is 0. The van der Waals surface area contributed by atoms with Gasteiger partial charge in [-0.2, -0.15) is 0 Å². The van der Waals surface area contributed by atoms with E-state index in [1.165, 1.54) is 6.42 Å². The molecule has 2 unspecified atom stereocenters. The maximum absolute atomic E-state index is 12.5. The summed E-state index contributed by atoms with van der Waals surface area (Å²) in [5.74, 6) is 0.797. The van der Waals surface area contributed by atoms with E-state index in [9.17, 15) is 9.59 Å². The predicted octanol–water partition coefficient (Wildman–Crippen LogP) is 3.40. The molecule has 0 saturated heterocycles. The van der Waals surface area contributed by atoms with Crippen molar-refractivity contribution in [2.45, 2.75) is 91.2 Å². The highest BCUT2D eigenvalue weighted by Crippen LogP contribution is 2.32. The smallest absolute Gasteiger partial charge is 0.306 e. The fourth-order valence-electron chi connectivity index (χ4n) is 3.93. The third-order valence-corrected chi connectivity index (χ3v) is 5.45. The minimum atomic E-state index is -0.331. The summed E-state index contributed by atoms with van der Waals surface area (Å²) in [6.07, 6.45) is 7.64. The van der Waals surface area contributed by atoms with Crippen LogP contribution in [0.5, 0.6) is 0 Å². The van der Waals surface area contributed by atoms with Crippen LogP contribution in [0.1, 0.15) is 79.1 Å². The monoisotopic (exact) mass is 354 g/mol. The van der Waals surface area contributed by atoms with Crippen molar-refractivity contribution < 1.29 is 14.3 Å². The van der Waals surface area contributed by atoms with E-state index in [4.69, 9.17) is 10.5 Å². The lowest BCUT2D eigenvalue weighted by atomic mass is 9.79. The largest absolute Gasteiger partial charge is 0.462 e. The van der Waals surface area contributed by atoms with Crippen molar-refractivity contribution in [3.63, 3.8) is 0 Å². The second-order valence-corrected chi connectivity index (χ2v) is 7.85. The van der Waals surface area contributed by atoms with Crippen molar-refractivity contribution >= 4 is 11.9 Å². The molecule has 4 atom stereocenters. The van der Waals surface area contributed by atoms with Crippen LogP contribution in [0.3, 0.4) is 0 Å². The topological polar surface area (TPSA) is 81.4 Å². The average Bonchev–Trinajstić information content (AvgIpc) is 2.55. The zero-order valence-electron chi connectivity index (χ0n) is 16.6. The molecule has 0 heterocycles. The normalized spacial score (nSPS) is 23.2. The molecule has 5 nitrogen and oxygen atoms in total. The molecule has 0 radical (unpaired) electrons. The van der Waals surface area contributed by atoms with Gasteiger partial charge in [0.1, 0.15) is 6.10 Å². The summed E-state index contributed by atoms with van der Waals surface area (Å²) in [5.41, 5.74) is 5.38. The Bertz CT molecular complexity index is 412. The number of rotatable bonds is 11. The Kier molecular flexibility index (Phi) is 10.1. The molecule has 0 bridgehead atoms. The van der Waals surface area contributed by atoms with Crippen LogP contribution in [-0.2, 0) is 14.3 Å². The van der Waals surface area contributed by atoms with Crippen LogP contribution in [0.4, 0.5) is 0 Å². The lowest BCUT2D eigenvalue weighted by Crippen LogP contribution is -2.43. The third kappa shape index (κ3) is 7.76. The molecule has 0 aromatic carbocycles. The molecule has 1 saturated carbocycles. The fraction of sp³-hybridized carbons (Fsp3) is 0.900. The third-order valence-electron chi connectivity index (χ3n) is 5.45. The average molecular weight is 355 g/mol. The summed E-state index contributed by atoms with van der Waals surface area (Å²) >= 11 is 0. The summed E-state index contributed by atoms with van der Waals surface area (Å²) in [5, 5.41) is 3.21. The highest BCUT2D eigenvalue weighted by Gasteiger charge is 2.31. The summed E-state index contributed by atoms with van der Waals surface area (Å²) in [6.45, 7) is 9.10. The van der Waals surface area contributed by atoms with Gasteiger partial charge in [0.25, 0.3) is 0 Å². The molecule has 1 fully saturated rings. The van der Waals surface area contributed by atoms with Gasteiger partial charge in [0.2, 0.25) is 5.91 Å². The van der Waals surface area contributed by atoms with Gasteiger partial charge in [-0.15, -0.1) is 0 Å². The van der Waals surface area contributed by atoms with E-state index in [1.54, 1.807) is 0 Å². The Labute approximate surface area is 153 Å². The minimum absolute atomic E-state index is 0.0745. The first kappa shape index (κ1) is 21.9. The number of esters is 1. The van der Waals surface area contributed by atoms with Gasteiger partial charge in [0.05, 0.1) is 6.04 Å². The highest BCUT2D eigenvalue weighted by atomic mass is 16.5. The Morgan fingerprint density at radius 3 is 2.44 bits per heavy atom. The molecular weight excluding hydrogens is 316 g/mol. The first-order valence-corrected chi connectivity index (χ1v) is 10.1. The number of ether oxygens (including phenoxy) is 1. The SMILES string of the molecule is CCCC(CN[C@@H](CC)C(N)=O)CC(=O)O[C@@H]1CCCCC1C(C)C. The first-order valence-electron chi connectivity index (χ1n) is 10.1. The number of primary amides is 1. The van der Waals surface area contributed by atoms with E-state index in [-0.39, 0.29) is 29.9 Å². The van der Waals surface area contributed by atoms with Crippen molar-refractivity contribution in [2.75, 3.05) is 6.54 Å². The molecule has 0 aliphatic heterocycles. The maximum atomic E-state index is 12.5. The number of amides is 1. The van der Waals surface area contributed by atoms with E-state index >= 15 is 0 Å². The first-order chi connectivity index (χ1) is 11.9. The fourth-order valence-corrected chi connectivity index (χ4v) is 3.93. The molecular formula is C20H38N2O3. The van der Waals surface area contributed by atoms with Gasteiger partial charge in [-0.1, -0.05) is 40.5 Å². The molecule has 0 aromatic rings. The van der Waals surface area contributed by atoms with E-state index < -0.39 is 0 Å². The molecule has 1 aliphatic rings. The van der Waals surface area contributed by atoms with E-state index in [0.717, 1.165) is 32.1 Å². The molecule has 1 aliphatic carbocycles. The lowest BCUT2D eigenvalue weighted by molar-refractivity contribution is -0.156. The Balaban J connectivity index is 2.52. The van der Waals surface area contributed by atoms with Crippen LogP contribution in [0.25, 0.3) is 0 Å². The highest BCUT2D eigenvalue weighted by molar-refractivity contribution is 5.79. The number of hydrogen-bond donors (Lipinski definition) is 2. The molecule has 25 heavy (non-hydrogen) atoms. The van der Waals surface area contributed by atoms with Gasteiger partial charge in [0, 0.05) is 6.42 Å². The van der Waals surface area contributed by atoms with Crippen molar-refractivity contribution in [1.29, 1.82) is 0 Å². The van der Waals surface area contributed by atoms with Gasteiger partial charge in [-0.25, -0.2) is 0 Å². The summed E-state index contributed by atoms with van der Waals surface area (Å²) in [6, 6.07) is -0.320. The number of nitrogens with two attached hydrogens (primary N) is 1. The van der Waals surface area contributed by atoms with Crippen LogP contribution in [0, 0.1) is 17.8 Å². The Morgan fingerprint density at radius 1 is 1.20 bits per heavy atom. The summed E-state index contributed by atoms with van der Waals surface area (Å²) < 4.78 is 5.86. The second kappa shape index (κ2) is 11.5. The van der Waals surface area contributed by atoms with Crippen LogP contribution in [0.15, 0.2) is 0 Å². The number of hydrogen-bond acceptors (Lipinski definition) is 4. The maximum Gasteiger partial charge on any atom is 0.306 e. The zero-order valence-corrected chi connectivity index (χ0v) is 16.6. The quantitative estimate of drug-likeness (QED) is 0.557. The van der Waals surface area contributed by atoms with Crippen molar-refractivity contribution in [1.82, 2.24) is 5.32 Å². The van der Waals surface area contributed by atoms with Crippen LogP contribution in [0.2, 0.25) is 0 Å². The minimum Gasteiger partial charge on any atom is -0.462 e. The predicted molar refractivity (Wildman–Crippen MR) is 101 cm³/mol. The van der Waals surface area contributed by atoms with Crippen molar-refractivity contribution in [3.05, 3.63) is 0 Å². The molecule has 3 N–H and O–H groups in total. The van der Waals surface area contributed by atoms with E-state index in [2.05, 4.69) is 26.1 Å². The zero-order chi connectivity index (χ0) is 18.8. The van der Waals surface area contributed by atoms with Crippen LogP contribution in [-0.4, -0.2) is 30.6 Å². The van der Waals surface area contributed by atoms with E-state index in [0.29, 0.717) is 31.2 Å². The number of carbonyl (C=O) groups is 2. The molecule has 146 valence electrons. The molecule has 1 amide bonds. The molecule has 5 heteroatoms. The Hall–Kier alpha value is -1.10. The van der Waals surface area contributed by atoms with Gasteiger partial charge < -0.3 is 15.8 Å². The van der Waals surface area contributed by atoms with Crippen LogP contribution >= 0.6 is 0 Å².